The fourth-order valence-electron chi connectivity index (χ4n) is 1.21. The van der Waals surface area contributed by atoms with Crippen LogP contribution in [0.25, 0.3) is 0 Å². The second-order valence-corrected chi connectivity index (χ2v) is 3.09. The molecule has 0 atom stereocenters. The van der Waals surface area contributed by atoms with Crippen molar-refractivity contribution in [2.45, 2.75) is 6.92 Å². The van der Waals surface area contributed by atoms with Gasteiger partial charge in [0.15, 0.2) is 0 Å². The molecule has 0 unspecified atom stereocenters. The maximum atomic E-state index is 11.1. The lowest BCUT2D eigenvalue weighted by molar-refractivity contribution is -0.140. The van der Waals surface area contributed by atoms with Crippen LogP contribution in [0.4, 0.5) is 17.1 Å². The molecule has 1 aromatic carbocycles. The average molecular weight is 221 g/mol. The molecule has 86 valence electrons. The molecule has 0 saturated carbocycles. The van der Waals surface area contributed by atoms with E-state index in [-0.39, 0.29) is 12.5 Å². The summed E-state index contributed by atoms with van der Waals surface area (Å²) in [5.41, 5.74) is 7.52. The number of nitrogens with zero attached hydrogens (tertiary/aromatic N) is 1. The summed E-state index contributed by atoms with van der Waals surface area (Å²) < 4.78 is 4.79. The van der Waals surface area contributed by atoms with Crippen LogP contribution in [0.1, 0.15) is 6.92 Å². The highest BCUT2D eigenvalue weighted by Gasteiger charge is 2.04. The third-order valence-electron chi connectivity index (χ3n) is 1.92. The first-order chi connectivity index (χ1) is 7.67. The summed E-state index contributed by atoms with van der Waals surface area (Å²) >= 11 is 0. The van der Waals surface area contributed by atoms with Crippen LogP contribution in [0, 0.1) is 0 Å². The van der Waals surface area contributed by atoms with Crippen molar-refractivity contribution in [3.63, 3.8) is 0 Å². The van der Waals surface area contributed by atoms with Crippen LogP contribution in [0.3, 0.4) is 0 Å². The van der Waals surface area contributed by atoms with Crippen molar-refractivity contribution in [2.24, 2.45) is 4.99 Å². The fourth-order valence-corrected chi connectivity index (χ4v) is 1.21. The Morgan fingerprint density at radius 3 is 3.00 bits per heavy atom. The standard InChI is InChI=1S/C11H15N3O2/c1-3-16-11(15)7-14-9-5-4-8(12)6-10(9)13-2/h4-6,14H,2-3,7,12H2,1H3. The Morgan fingerprint density at radius 1 is 1.62 bits per heavy atom. The van der Waals surface area contributed by atoms with Gasteiger partial charge in [-0.15, -0.1) is 0 Å². The first-order valence-corrected chi connectivity index (χ1v) is 4.93. The SMILES string of the molecule is C=Nc1cc(N)ccc1NCC(=O)OCC. The summed E-state index contributed by atoms with van der Waals surface area (Å²) in [7, 11) is 0. The molecular formula is C11H15N3O2. The Morgan fingerprint density at radius 2 is 2.38 bits per heavy atom. The maximum absolute atomic E-state index is 11.1. The van der Waals surface area contributed by atoms with Crippen LogP contribution >= 0.6 is 0 Å². The van der Waals surface area contributed by atoms with E-state index in [0.717, 1.165) is 0 Å². The van der Waals surface area contributed by atoms with E-state index in [1.807, 2.05) is 0 Å². The normalized spacial score (nSPS) is 9.56. The second kappa shape index (κ2) is 5.75. The lowest BCUT2D eigenvalue weighted by Crippen LogP contribution is -2.16. The maximum Gasteiger partial charge on any atom is 0.325 e. The van der Waals surface area contributed by atoms with Gasteiger partial charge in [0.25, 0.3) is 0 Å². The number of carbonyl (C=O) groups is 1. The van der Waals surface area contributed by atoms with Crippen molar-refractivity contribution in [1.29, 1.82) is 0 Å². The molecule has 0 heterocycles. The first kappa shape index (κ1) is 12.0. The van der Waals surface area contributed by atoms with Gasteiger partial charge in [0.1, 0.15) is 6.54 Å². The lowest BCUT2D eigenvalue weighted by atomic mass is 10.2. The van der Waals surface area contributed by atoms with Crippen LogP contribution in [-0.2, 0) is 9.53 Å². The molecule has 0 aliphatic heterocycles. The third-order valence-corrected chi connectivity index (χ3v) is 1.92. The van der Waals surface area contributed by atoms with Gasteiger partial charge in [-0.25, -0.2) is 0 Å². The highest BCUT2D eigenvalue weighted by Crippen LogP contribution is 2.26. The molecule has 3 N–H and O–H groups in total. The van der Waals surface area contributed by atoms with Crippen LogP contribution in [0.2, 0.25) is 0 Å². The molecule has 5 nitrogen and oxygen atoms in total. The van der Waals surface area contributed by atoms with Crippen molar-refractivity contribution in [1.82, 2.24) is 0 Å². The number of aliphatic imine (C=N–C) groups is 1. The molecule has 0 spiro atoms. The molecule has 5 heteroatoms. The summed E-state index contributed by atoms with van der Waals surface area (Å²) in [4.78, 5) is 14.9. The van der Waals surface area contributed by atoms with E-state index in [4.69, 9.17) is 10.5 Å². The molecule has 0 aliphatic rings. The number of ether oxygens (including phenoxy) is 1. The van der Waals surface area contributed by atoms with Gasteiger partial charge in [0.05, 0.1) is 18.0 Å². The van der Waals surface area contributed by atoms with Gasteiger partial charge in [0.2, 0.25) is 0 Å². The monoisotopic (exact) mass is 221 g/mol. The minimum atomic E-state index is -0.311. The van der Waals surface area contributed by atoms with E-state index in [2.05, 4.69) is 17.0 Å². The topological polar surface area (TPSA) is 76.7 Å². The van der Waals surface area contributed by atoms with Crippen LogP contribution in [0.5, 0.6) is 0 Å². The number of nitrogen functional groups attached to an aromatic ring is 1. The van der Waals surface area contributed by atoms with E-state index in [0.29, 0.717) is 23.7 Å². The molecule has 0 bridgehead atoms. The largest absolute Gasteiger partial charge is 0.465 e. The zero-order valence-electron chi connectivity index (χ0n) is 9.19. The molecule has 0 aromatic heterocycles. The van der Waals surface area contributed by atoms with Crippen molar-refractivity contribution >= 4 is 29.7 Å². The highest BCUT2D eigenvalue weighted by atomic mass is 16.5. The second-order valence-electron chi connectivity index (χ2n) is 3.09. The zero-order valence-corrected chi connectivity index (χ0v) is 9.19. The van der Waals surface area contributed by atoms with E-state index in [1.165, 1.54) is 0 Å². The number of rotatable bonds is 5. The molecular weight excluding hydrogens is 206 g/mol. The quantitative estimate of drug-likeness (QED) is 0.449. The Labute approximate surface area is 94.3 Å². The number of nitrogens with two attached hydrogens (primary N) is 1. The van der Waals surface area contributed by atoms with E-state index in [9.17, 15) is 4.79 Å². The van der Waals surface area contributed by atoms with Crippen LogP contribution < -0.4 is 11.1 Å². The number of hydrogen-bond donors (Lipinski definition) is 2. The van der Waals surface area contributed by atoms with Gasteiger partial charge in [-0.2, -0.15) is 0 Å². The number of esters is 1. The number of hydrogen-bond acceptors (Lipinski definition) is 5. The summed E-state index contributed by atoms with van der Waals surface area (Å²) in [6.07, 6.45) is 0. The van der Waals surface area contributed by atoms with Gasteiger partial charge in [-0.1, -0.05) is 0 Å². The number of nitrogens with one attached hydrogen (secondary N) is 1. The predicted octanol–water partition coefficient (Wildman–Crippen LogP) is 1.58. The number of anilines is 2. The molecule has 0 fully saturated rings. The molecule has 0 amide bonds. The molecule has 1 aromatic rings. The van der Waals surface area contributed by atoms with Gasteiger partial charge in [0, 0.05) is 5.69 Å². The van der Waals surface area contributed by atoms with Crippen molar-refractivity contribution in [3.05, 3.63) is 18.2 Å². The van der Waals surface area contributed by atoms with E-state index < -0.39 is 0 Å². The molecule has 0 aliphatic carbocycles. The van der Waals surface area contributed by atoms with Crippen LogP contribution in [0.15, 0.2) is 23.2 Å². The summed E-state index contributed by atoms with van der Waals surface area (Å²) in [6, 6.07) is 5.15. The van der Waals surface area contributed by atoms with Gasteiger partial charge in [-0.05, 0) is 31.8 Å². The third kappa shape index (κ3) is 3.27. The minimum Gasteiger partial charge on any atom is -0.465 e. The summed E-state index contributed by atoms with van der Waals surface area (Å²) in [6.45, 7) is 5.66. The van der Waals surface area contributed by atoms with Crippen molar-refractivity contribution in [3.8, 4) is 0 Å². The first-order valence-electron chi connectivity index (χ1n) is 4.93. The fraction of sp³-hybridized carbons (Fsp3) is 0.273. The van der Waals surface area contributed by atoms with Crippen molar-refractivity contribution < 1.29 is 9.53 Å². The zero-order chi connectivity index (χ0) is 12.0. The summed E-state index contributed by atoms with van der Waals surface area (Å²) in [5.74, 6) is -0.311. The van der Waals surface area contributed by atoms with Gasteiger partial charge in [-0.3, -0.25) is 9.79 Å². The predicted molar refractivity (Wildman–Crippen MR) is 65.2 cm³/mol. The molecule has 0 radical (unpaired) electrons. The molecule has 1 rings (SSSR count). The Hall–Kier alpha value is -2.04. The number of benzene rings is 1. The molecule has 16 heavy (non-hydrogen) atoms. The van der Waals surface area contributed by atoms with Crippen molar-refractivity contribution in [2.75, 3.05) is 24.2 Å². The minimum absolute atomic E-state index is 0.0975. The van der Waals surface area contributed by atoms with E-state index in [1.54, 1.807) is 25.1 Å². The number of carbonyl (C=O) groups excluding carboxylic acids is 1. The molecule has 0 saturated heterocycles. The Bertz CT molecular complexity index is 391. The Kier molecular flexibility index (Phi) is 4.32. The van der Waals surface area contributed by atoms with Gasteiger partial charge < -0.3 is 15.8 Å². The average Bonchev–Trinajstić information content (AvgIpc) is 2.27. The van der Waals surface area contributed by atoms with Gasteiger partial charge >= 0.3 is 5.97 Å². The smallest absolute Gasteiger partial charge is 0.325 e. The summed E-state index contributed by atoms with van der Waals surface area (Å²) in [5, 5.41) is 2.91. The Balaban J connectivity index is 2.66. The van der Waals surface area contributed by atoms with E-state index >= 15 is 0 Å². The van der Waals surface area contributed by atoms with Crippen LogP contribution in [-0.4, -0.2) is 25.8 Å². The highest BCUT2D eigenvalue weighted by molar-refractivity contribution is 5.79. The lowest BCUT2D eigenvalue weighted by Gasteiger charge is -2.09.